The number of benzene rings is 1. The number of hydrogen-bond acceptors (Lipinski definition) is 3. The maximum Gasteiger partial charge on any atom is 0.253 e. The van der Waals surface area contributed by atoms with Crippen LogP contribution in [0.5, 0.6) is 0 Å². The van der Waals surface area contributed by atoms with Gasteiger partial charge in [0, 0.05) is 37.9 Å². The maximum absolute atomic E-state index is 12.4. The molecule has 1 heterocycles. The van der Waals surface area contributed by atoms with Gasteiger partial charge in [0.1, 0.15) is 0 Å². The summed E-state index contributed by atoms with van der Waals surface area (Å²) in [5.41, 5.74) is 1.66. The maximum atomic E-state index is 12.4. The van der Waals surface area contributed by atoms with Gasteiger partial charge in [-0.25, -0.2) is 0 Å². The third-order valence-corrected chi connectivity index (χ3v) is 3.32. The highest BCUT2D eigenvalue weighted by Crippen LogP contribution is 2.20. The number of fused-ring (bicyclic) bond motifs is 1. The van der Waals surface area contributed by atoms with E-state index in [4.69, 9.17) is 9.84 Å². The van der Waals surface area contributed by atoms with Crippen LogP contribution in [0, 0.1) is 0 Å². The second-order valence-electron chi connectivity index (χ2n) is 4.81. The molecular formula is C15H20N2O3. The third kappa shape index (κ3) is 3.00. The molecule has 0 aliphatic rings. The van der Waals surface area contributed by atoms with Gasteiger partial charge in [-0.1, -0.05) is 18.2 Å². The Bertz CT molecular complexity index is 586. The first-order valence-corrected chi connectivity index (χ1v) is 6.62. The van der Waals surface area contributed by atoms with Gasteiger partial charge in [-0.05, 0) is 12.5 Å². The van der Waals surface area contributed by atoms with Crippen LogP contribution >= 0.6 is 0 Å². The van der Waals surface area contributed by atoms with Gasteiger partial charge in [0.05, 0.1) is 18.2 Å². The second-order valence-corrected chi connectivity index (χ2v) is 4.81. The highest BCUT2D eigenvalue weighted by molar-refractivity contribution is 6.07. The van der Waals surface area contributed by atoms with Gasteiger partial charge in [0.2, 0.25) is 0 Å². The number of aromatic nitrogens is 1. The summed E-state index contributed by atoms with van der Waals surface area (Å²) in [6, 6.07) is 7.59. The van der Waals surface area contributed by atoms with Gasteiger partial charge < -0.3 is 19.7 Å². The molecule has 0 fully saturated rings. The number of carbonyl (C=O) groups is 1. The van der Waals surface area contributed by atoms with E-state index >= 15 is 0 Å². The van der Waals surface area contributed by atoms with Crippen LogP contribution in [-0.2, 0) is 11.8 Å². The Labute approximate surface area is 118 Å². The molecule has 0 aliphatic carbocycles. The van der Waals surface area contributed by atoms with Crippen molar-refractivity contribution in [2.45, 2.75) is 12.5 Å². The number of nitrogens with one attached hydrogen (secondary N) is 1. The van der Waals surface area contributed by atoms with E-state index in [0.717, 1.165) is 10.9 Å². The number of para-hydroxylation sites is 1. The van der Waals surface area contributed by atoms with Crippen molar-refractivity contribution < 1.29 is 14.6 Å². The fraction of sp³-hybridized carbons (Fsp3) is 0.400. The van der Waals surface area contributed by atoms with E-state index in [1.807, 2.05) is 42.1 Å². The summed E-state index contributed by atoms with van der Waals surface area (Å²) in [5.74, 6) is -0.141. The number of aliphatic hydroxyl groups is 1. The molecule has 1 amide bonds. The number of carbonyl (C=O) groups excluding carboxylic acids is 1. The van der Waals surface area contributed by atoms with Crippen LogP contribution in [0.3, 0.4) is 0 Å². The summed E-state index contributed by atoms with van der Waals surface area (Å²) in [6.07, 6.45) is 2.30. The zero-order chi connectivity index (χ0) is 14.5. The predicted molar refractivity (Wildman–Crippen MR) is 77.8 cm³/mol. The number of ether oxygens (including phenoxy) is 1. The summed E-state index contributed by atoms with van der Waals surface area (Å²) in [5, 5.41) is 12.8. The normalized spacial score (nSPS) is 12.6. The van der Waals surface area contributed by atoms with Crippen LogP contribution in [0.25, 0.3) is 10.9 Å². The number of aliphatic hydroxyl groups excluding tert-OH is 1. The molecule has 1 aromatic carbocycles. The lowest BCUT2D eigenvalue weighted by atomic mass is 10.1. The fourth-order valence-corrected chi connectivity index (χ4v) is 2.34. The molecule has 1 unspecified atom stereocenters. The number of nitrogens with zero attached hydrogens (tertiary/aromatic N) is 1. The number of amides is 1. The molecule has 108 valence electrons. The van der Waals surface area contributed by atoms with Crippen molar-refractivity contribution in [3.63, 3.8) is 0 Å². The van der Waals surface area contributed by atoms with Crippen LogP contribution in [0.15, 0.2) is 30.5 Å². The fourth-order valence-electron chi connectivity index (χ4n) is 2.34. The van der Waals surface area contributed by atoms with E-state index in [2.05, 4.69) is 5.32 Å². The Kier molecular flexibility index (Phi) is 4.76. The van der Waals surface area contributed by atoms with Crippen molar-refractivity contribution in [3.8, 4) is 0 Å². The van der Waals surface area contributed by atoms with Crippen molar-refractivity contribution in [2.75, 3.05) is 20.3 Å². The Morgan fingerprint density at radius 2 is 2.20 bits per heavy atom. The van der Waals surface area contributed by atoms with E-state index in [-0.39, 0.29) is 18.6 Å². The zero-order valence-corrected chi connectivity index (χ0v) is 11.8. The highest BCUT2D eigenvalue weighted by atomic mass is 16.5. The Hall–Kier alpha value is -1.85. The van der Waals surface area contributed by atoms with Crippen LogP contribution < -0.4 is 5.32 Å². The predicted octanol–water partition coefficient (Wildman–Crippen LogP) is 1.31. The first-order chi connectivity index (χ1) is 9.67. The molecule has 0 saturated heterocycles. The molecule has 0 radical (unpaired) electrons. The lowest BCUT2D eigenvalue weighted by Crippen LogP contribution is -2.38. The summed E-state index contributed by atoms with van der Waals surface area (Å²) in [6.45, 7) is 0.404. The van der Waals surface area contributed by atoms with Crippen LogP contribution in [-0.4, -0.2) is 41.9 Å². The van der Waals surface area contributed by atoms with Gasteiger partial charge >= 0.3 is 0 Å². The summed E-state index contributed by atoms with van der Waals surface area (Å²) >= 11 is 0. The highest BCUT2D eigenvalue weighted by Gasteiger charge is 2.17. The first-order valence-electron chi connectivity index (χ1n) is 6.62. The molecule has 5 nitrogen and oxygen atoms in total. The molecule has 1 aromatic heterocycles. The summed E-state index contributed by atoms with van der Waals surface area (Å²) in [4.78, 5) is 12.4. The quantitative estimate of drug-likeness (QED) is 0.836. The third-order valence-electron chi connectivity index (χ3n) is 3.32. The Morgan fingerprint density at radius 1 is 1.45 bits per heavy atom. The number of methoxy groups -OCH3 is 1. The molecule has 2 N–H and O–H groups in total. The van der Waals surface area contributed by atoms with Crippen molar-refractivity contribution in [2.24, 2.45) is 7.05 Å². The van der Waals surface area contributed by atoms with Crippen molar-refractivity contribution in [1.82, 2.24) is 9.88 Å². The molecule has 1 atom stereocenters. The zero-order valence-electron chi connectivity index (χ0n) is 11.8. The van der Waals surface area contributed by atoms with Gasteiger partial charge in [-0.3, -0.25) is 4.79 Å². The van der Waals surface area contributed by atoms with Gasteiger partial charge in [0.15, 0.2) is 0 Å². The molecule has 0 aliphatic heterocycles. The SMILES string of the molecule is COCC(CCO)NC(=O)c1cn(C)c2ccccc12. The van der Waals surface area contributed by atoms with E-state index in [1.54, 1.807) is 7.11 Å². The van der Waals surface area contributed by atoms with E-state index < -0.39 is 0 Å². The van der Waals surface area contributed by atoms with E-state index in [0.29, 0.717) is 18.6 Å². The summed E-state index contributed by atoms with van der Waals surface area (Å²) < 4.78 is 6.99. The van der Waals surface area contributed by atoms with Crippen LogP contribution in [0.2, 0.25) is 0 Å². The van der Waals surface area contributed by atoms with Crippen molar-refractivity contribution in [1.29, 1.82) is 0 Å². The molecule has 0 spiro atoms. The lowest BCUT2D eigenvalue weighted by Gasteiger charge is -2.16. The minimum atomic E-state index is -0.184. The number of aryl methyl sites for hydroxylation is 1. The van der Waals surface area contributed by atoms with Crippen molar-refractivity contribution >= 4 is 16.8 Å². The van der Waals surface area contributed by atoms with Gasteiger partial charge in [-0.15, -0.1) is 0 Å². The largest absolute Gasteiger partial charge is 0.396 e. The molecule has 2 rings (SSSR count). The summed E-state index contributed by atoms with van der Waals surface area (Å²) in [7, 11) is 3.49. The number of hydrogen-bond donors (Lipinski definition) is 2. The minimum Gasteiger partial charge on any atom is -0.396 e. The number of rotatable bonds is 6. The van der Waals surface area contributed by atoms with E-state index in [1.165, 1.54) is 0 Å². The van der Waals surface area contributed by atoms with Gasteiger partial charge in [-0.2, -0.15) is 0 Å². The van der Waals surface area contributed by atoms with Crippen LogP contribution in [0.4, 0.5) is 0 Å². The molecular weight excluding hydrogens is 256 g/mol. The molecule has 5 heteroatoms. The van der Waals surface area contributed by atoms with Crippen molar-refractivity contribution in [3.05, 3.63) is 36.0 Å². The Morgan fingerprint density at radius 3 is 2.90 bits per heavy atom. The molecule has 2 aromatic rings. The topological polar surface area (TPSA) is 63.5 Å². The van der Waals surface area contributed by atoms with E-state index in [9.17, 15) is 4.79 Å². The first kappa shape index (κ1) is 14.6. The standard InChI is InChI=1S/C15H20N2O3/c1-17-9-13(12-5-3-4-6-14(12)17)15(19)16-11(7-8-18)10-20-2/h3-6,9,11,18H,7-8,10H2,1-2H3,(H,16,19). The Balaban J connectivity index is 2.22. The van der Waals surface area contributed by atoms with Crippen LogP contribution in [0.1, 0.15) is 16.8 Å². The second kappa shape index (κ2) is 6.54. The molecule has 20 heavy (non-hydrogen) atoms. The monoisotopic (exact) mass is 276 g/mol. The lowest BCUT2D eigenvalue weighted by molar-refractivity contribution is 0.0880. The smallest absolute Gasteiger partial charge is 0.253 e. The average Bonchev–Trinajstić information content (AvgIpc) is 2.77. The minimum absolute atomic E-state index is 0.0177. The molecule has 0 saturated carbocycles. The van der Waals surface area contributed by atoms with Gasteiger partial charge in [0.25, 0.3) is 5.91 Å². The average molecular weight is 276 g/mol. The molecule has 0 bridgehead atoms.